The standard InChI is InChI=1S/C11H9Cl2N/c12-6-5-9-7-8-3-1-2-4-10(8)14-11(9)13/h1-4,7H,5-6H2. The lowest BCUT2D eigenvalue weighted by Crippen LogP contribution is -1.91. The van der Waals surface area contributed by atoms with Gasteiger partial charge >= 0.3 is 0 Å². The van der Waals surface area contributed by atoms with Gasteiger partial charge in [-0.3, -0.25) is 0 Å². The highest BCUT2D eigenvalue weighted by molar-refractivity contribution is 6.30. The minimum absolute atomic E-state index is 0.560. The van der Waals surface area contributed by atoms with E-state index in [1.807, 2.05) is 30.3 Å². The molecule has 1 aromatic carbocycles. The molecule has 1 heterocycles. The van der Waals surface area contributed by atoms with E-state index in [-0.39, 0.29) is 0 Å². The van der Waals surface area contributed by atoms with Crippen LogP contribution in [0.15, 0.2) is 30.3 Å². The third-order valence-corrected chi connectivity index (χ3v) is 2.63. The minimum atomic E-state index is 0.560. The molecule has 14 heavy (non-hydrogen) atoms. The van der Waals surface area contributed by atoms with E-state index in [9.17, 15) is 0 Å². The van der Waals surface area contributed by atoms with E-state index < -0.39 is 0 Å². The summed E-state index contributed by atoms with van der Waals surface area (Å²) in [5, 5.41) is 1.67. The first-order valence-electron chi connectivity index (χ1n) is 4.41. The molecule has 2 aromatic rings. The van der Waals surface area contributed by atoms with Crippen molar-refractivity contribution in [1.29, 1.82) is 0 Å². The number of alkyl halides is 1. The molecular formula is C11H9Cl2N. The van der Waals surface area contributed by atoms with E-state index in [0.717, 1.165) is 22.9 Å². The first-order valence-corrected chi connectivity index (χ1v) is 5.32. The number of fused-ring (bicyclic) bond motifs is 1. The van der Waals surface area contributed by atoms with Gasteiger partial charge in [-0.15, -0.1) is 11.6 Å². The summed E-state index contributed by atoms with van der Waals surface area (Å²) in [5.41, 5.74) is 1.94. The van der Waals surface area contributed by atoms with Gasteiger partial charge in [0.1, 0.15) is 5.15 Å². The predicted molar refractivity (Wildman–Crippen MR) is 61.2 cm³/mol. The summed E-state index contributed by atoms with van der Waals surface area (Å²) in [6.07, 6.45) is 0.762. The monoisotopic (exact) mass is 225 g/mol. The number of rotatable bonds is 2. The van der Waals surface area contributed by atoms with Gasteiger partial charge in [0.05, 0.1) is 5.52 Å². The summed E-state index contributed by atoms with van der Waals surface area (Å²) < 4.78 is 0. The molecule has 0 amide bonds. The zero-order valence-corrected chi connectivity index (χ0v) is 9.02. The Balaban J connectivity index is 2.59. The summed E-state index contributed by atoms with van der Waals surface area (Å²) in [4.78, 5) is 4.30. The molecule has 0 saturated carbocycles. The number of hydrogen-bond acceptors (Lipinski definition) is 1. The number of benzene rings is 1. The molecule has 0 unspecified atom stereocenters. The molecule has 0 N–H and O–H groups in total. The molecule has 72 valence electrons. The van der Waals surface area contributed by atoms with Crippen molar-refractivity contribution in [2.24, 2.45) is 0 Å². The summed E-state index contributed by atoms with van der Waals surface area (Å²) in [6, 6.07) is 9.96. The Morgan fingerprint density at radius 3 is 2.79 bits per heavy atom. The Morgan fingerprint density at radius 1 is 1.21 bits per heavy atom. The number of halogens is 2. The van der Waals surface area contributed by atoms with Gasteiger partial charge in [0, 0.05) is 11.3 Å². The topological polar surface area (TPSA) is 12.9 Å². The lowest BCUT2D eigenvalue weighted by Gasteiger charge is -2.03. The van der Waals surface area contributed by atoms with Crippen LogP contribution in [0.1, 0.15) is 5.56 Å². The first-order chi connectivity index (χ1) is 6.81. The summed E-state index contributed by atoms with van der Waals surface area (Å²) in [7, 11) is 0. The zero-order valence-electron chi connectivity index (χ0n) is 7.50. The molecule has 0 bridgehead atoms. The fraction of sp³-hybridized carbons (Fsp3) is 0.182. The second kappa shape index (κ2) is 4.16. The Labute approximate surface area is 92.7 Å². The van der Waals surface area contributed by atoms with Crippen molar-refractivity contribution in [3.8, 4) is 0 Å². The van der Waals surface area contributed by atoms with Gasteiger partial charge in [-0.2, -0.15) is 0 Å². The normalized spacial score (nSPS) is 10.7. The van der Waals surface area contributed by atoms with E-state index in [2.05, 4.69) is 4.98 Å². The van der Waals surface area contributed by atoms with E-state index in [1.165, 1.54) is 0 Å². The molecule has 2 rings (SSSR count). The zero-order chi connectivity index (χ0) is 9.97. The second-order valence-electron chi connectivity index (χ2n) is 3.07. The largest absolute Gasteiger partial charge is 0.236 e. The van der Waals surface area contributed by atoms with E-state index in [1.54, 1.807) is 0 Å². The number of hydrogen-bond donors (Lipinski definition) is 0. The van der Waals surface area contributed by atoms with Crippen LogP contribution in [0.2, 0.25) is 5.15 Å². The van der Waals surface area contributed by atoms with Gasteiger partial charge < -0.3 is 0 Å². The Bertz CT molecular complexity index is 454. The van der Waals surface area contributed by atoms with Crippen molar-refractivity contribution >= 4 is 34.1 Å². The van der Waals surface area contributed by atoms with Crippen molar-refractivity contribution in [3.05, 3.63) is 41.0 Å². The van der Waals surface area contributed by atoms with Crippen LogP contribution in [-0.2, 0) is 6.42 Å². The van der Waals surface area contributed by atoms with Crippen LogP contribution in [0, 0.1) is 0 Å². The first kappa shape index (κ1) is 9.75. The van der Waals surface area contributed by atoms with Gasteiger partial charge in [0.25, 0.3) is 0 Å². The third-order valence-electron chi connectivity index (χ3n) is 2.11. The molecule has 0 saturated heterocycles. The van der Waals surface area contributed by atoms with Crippen molar-refractivity contribution in [2.75, 3.05) is 5.88 Å². The van der Waals surface area contributed by atoms with E-state index in [0.29, 0.717) is 11.0 Å². The van der Waals surface area contributed by atoms with Crippen molar-refractivity contribution in [3.63, 3.8) is 0 Å². The molecule has 0 atom stereocenters. The van der Waals surface area contributed by atoms with E-state index >= 15 is 0 Å². The van der Waals surface area contributed by atoms with Crippen molar-refractivity contribution < 1.29 is 0 Å². The van der Waals surface area contributed by atoms with Gasteiger partial charge in [-0.25, -0.2) is 4.98 Å². The van der Waals surface area contributed by atoms with Crippen LogP contribution in [0.25, 0.3) is 10.9 Å². The fourth-order valence-electron chi connectivity index (χ4n) is 1.41. The molecule has 0 aliphatic heterocycles. The maximum Gasteiger partial charge on any atom is 0.133 e. The Kier molecular flexibility index (Phi) is 2.90. The van der Waals surface area contributed by atoms with Crippen LogP contribution in [0.5, 0.6) is 0 Å². The molecule has 0 fully saturated rings. The maximum atomic E-state index is 6.01. The van der Waals surface area contributed by atoms with Crippen molar-refractivity contribution in [2.45, 2.75) is 6.42 Å². The highest BCUT2D eigenvalue weighted by Crippen LogP contribution is 2.20. The molecule has 1 nitrogen and oxygen atoms in total. The summed E-state index contributed by atoms with van der Waals surface area (Å²) in [5.74, 6) is 0.569. The van der Waals surface area contributed by atoms with E-state index in [4.69, 9.17) is 23.2 Å². The molecule has 1 aromatic heterocycles. The average Bonchev–Trinajstić information content (AvgIpc) is 2.19. The Morgan fingerprint density at radius 2 is 2.00 bits per heavy atom. The molecule has 3 heteroatoms. The molecular weight excluding hydrogens is 217 g/mol. The molecule has 0 aliphatic rings. The van der Waals surface area contributed by atoms with Crippen molar-refractivity contribution in [1.82, 2.24) is 4.98 Å². The number of nitrogens with zero attached hydrogens (tertiary/aromatic N) is 1. The van der Waals surface area contributed by atoms with Gasteiger partial charge in [-0.05, 0) is 24.1 Å². The lowest BCUT2D eigenvalue weighted by atomic mass is 10.1. The summed E-state index contributed by atoms with van der Waals surface area (Å²) in [6.45, 7) is 0. The number of para-hydroxylation sites is 1. The smallest absolute Gasteiger partial charge is 0.133 e. The molecule has 0 spiro atoms. The highest BCUT2D eigenvalue weighted by Gasteiger charge is 2.03. The number of pyridine rings is 1. The fourth-order valence-corrected chi connectivity index (χ4v) is 1.86. The van der Waals surface area contributed by atoms with Crippen LogP contribution in [0.3, 0.4) is 0 Å². The lowest BCUT2D eigenvalue weighted by molar-refractivity contribution is 1.13. The van der Waals surface area contributed by atoms with Crippen LogP contribution in [0.4, 0.5) is 0 Å². The number of aryl methyl sites for hydroxylation is 1. The molecule has 0 aliphatic carbocycles. The van der Waals surface area contributed by atoms with Crippen LogP contribution >= 0.6 is 23.2 Å². The SMILES string of the molecule is ClCCc1cc2ccccc2nc1Cl. The highest BCUT2D eigenvalue weighted by atomic mass is 35.5. The second-order valence-corrected chi connectivity index (χ2v) is 3.81. The molecule has 0 radical (unpaired) electrons. The predicted octanol–water partition coefficient (Wildman–Crippen LogP) is 3.67. The van der Waals surface area contributed by atoms with Crippen LogP contribution < -0.4 is 0 Å². The minimum Gasteiger partial charge on any atom is -0.236 e. The summed E-state index contributed by atoms with van der Waals surface area (Å²) >= 11 is 11.7. The van der Waals surface area contributed by atoms with Gasteiger partial charge in [0.15, 0.2) is 0 Å². The third kappa shape index (κ3) is 1.84. The number of aromatic nitrogens is 1. The van der Waals surface area contributed by atoms with Gasteiger partial charge in [0.2, 0.25) is 0 Å². The van der Waals surface area contributed by atoms with Crippen LogP contribution in [-0.4, -0.2) is 10.9 Å². The van der Waals surface area contributed by atoms with Gasteiger partial charge in [-0.1, -0.05) is 29.8 Å². The average molecular weight is 226 g/mol. The quantitative estimate of drug-likeness (QED) is 0.562. The maximum absolute atomic E-state index is 6.01. The Hall–Kier alpha value is -0.790.